The lowest BCUT2D eigenvalue weighted by atomic mass is 10.0. The molecule has 0 saturated heterocycles. The molecule has 0 bridgehead atoms. The minimum Gasteiger partial charge on any atom is -0.489 e. The van der Waals surface area contributed by atoms with Crippen LogP contribution < -0.4 is 4.74 Å². The highest BCUT2D eigenvalue weighted by atomic mass is 16.6. The normalized spacial score (nSPS) is 21.5. The van der Waals surface area contributed by atoms with Crippen LogP contribution in [0.3, 0.4) is 0 Å². The summed E-state index contributed by atoms with van der Waals surface area (Å²) in [6.45, 7) is 0.677. The van der Waals surface area contributed by atoms with Gasteiger partial charge in [0.2, 0.25) is 0 Å². The maximum absolute atomic E-state index is 12.1. The van der Waals surface area contributed by atoms with E-state index in [4.69, 9.17) is 9.47 Å². The van der Waals surface area contributed by atoms with Crippen molar-refractivity contribution in [3.05, 3.63) is 36.5 Å². The summed E-state index contributed by atoms with van der Waals surface area (Å²) in [4.78, 5) is 16.4. The maximum atomic E-state index is 12.1. The molecule has 1 heterocycles. The van der Waals surface area contributed by atoms with E-state index in [1.165, 1.54) is 19.3 Å². The average Bonchev–Trinajstić information content (AvgIpc) is 3.20. The zero-order chi connectivity index (χ0) is 15.7. The fraction of sp³-hybridized carbons (Fsp3) is 0.474. The molecule has 4 nitrogen and oxygen atoms in total. The molecule has 2 aromatic rings. The lowest BCUT2D eigenvalue weighted by molar-refractivity contribution is -0.149. The summed E-state index contributed by atoms with van der Waals surface area (Å²) in [5.41, 5.74) is 1.42. The second-order valence-electron chi connectivity index (χ2n) is 6.78. The summed E-state index contributed by atoms with van der Waals surface area (Å²) >= 11 is 0. The molecule has 1 atom stereocenters. The van der Waals surface area contributed by atoms with Crippen LogP contribution in [0, 0.1) is 11.3 Å². The van der Waals surface area contributed by atoms with Gasteiger partial charge < -0.3 is 9.47 Å². The quantitative estimate of drug-likeness (QED) is 0.623. The van der Waals surface area contributed by atoms with E-state index in [0.717, 1.165) is 29.5 Å². The van der Waals surface area contributed by atoms with E-state index in [9.17, 15) is 4.79 Å². The number of carbonyl (C=O) groups is 1. The monoisotopic (exact) mass is 311 g/mol. The summed E-state index contributed by atoms with van der Waals surface area (Å²) in [6, 6.07) is 9.70. The van der Waals surface area contributed by atoms with Crippen molar-refractivity contribution in [1.82, 2.24) is 4.98 Å². The molecule has 2 saturated carbocycles. The highest BCUT2D eigenvalue weighted by Gasteiger charge is 2.50. The predicted molar refractivity (Wildman–Crippen MR) is 87.2 cm³/mol. The molecule has 0 radical (unpaired) electrons. The Hall–Kier alpha value is -2.10. The molecule has 4 rings (SSSR count). The molecule has 1 aromatic heterocycles. The van der Waals surface area contributed by atoms with Crippen molar-refractivity contribution in [2.24, 2.45) is 11.3 Å². The van der Waals surface area contributed by atoms with Crippen LogP contribution in [0.5, 0.6) is 5.75 Å². The van der Waals surface area contributed by atoms with Gasteiger partial charge in [-0.25, -0.2) is 0 Å². The molecule has 2 fully saturated rings. The molecule has 0 aliphatic heterocycles. The van der Waals surface area contributed by atoms with Crippen LogP contribution in [0.4, 0.5) is 0 Å². The molecule has 1 aromatic carbocycles. The SMILES string of the molecule is O=C(OCCOc1ccnc2ccccc12)C1CCC2(CC2)C1. The van der Waals surface area contributed by atoms with Crippen molar-refractivity contribution >= 4 is 16.9 Å². The lowest BCUT2D eigenvalue weighted by Gasteiger charge is -2.12. The van der Waals surface area contributed by atoms with Crippen LogP contribution in [-0.4, -0.2) is 24.2 Å². The van der Waals surface area contributed by atoms with Gasteiger partial charge in [-0.2, -0.15) is 0 Å². The summed E-state index contributed by atoms with van der Waals surface area (Å²) in [7, 11) is 0. The highest BCUT2D eigenvalue weighted by Crippen LogP contribution is 2.59. The minimum absolute atomic E-state index is 0.0445. The average molecular weight is 311 g/mol. The number of pyridine rings is 1. The molecule has 23 heavy (non-hydrogen) atoms. The first-order valence-electron chi connectivity index (χ1n) is 8.39. The van der Waals surface area contributed by atoms with Crippen LogP contribution in [0.25, 0.3) is 10.9 Å². The van der Waals surface area contributed by atoms with Crippen molar-refractivity contribution in [2.75, 3.05) is 13.2 Å². The molecule has 2 aliphatic carbocycles. The Morgan fingerprint density at radius 2 is 2.04 bits per heavy atom. The third-order valence-electron chi connectivity index (χ3n) is 5.19. The van der Waals surface area contributed by atoms with Gasteiger partial charge in [-0.3, -0.25) is 9.78 Å². The molecule has 0 amide bonds. The smallest absolute Gasteiger partial charge is 0.309 e. The number of carbonyl (C=O) groups excluding carboxylic acids is 1. The van der Waals surface area contributed by atoms with E-state index in [1.54, 1.807) is 6.20 Å². The topological polar surface area (TPSA) is 48.4 Å². The maximum Gasteiger partial charge on any atom is 0.309 e. The van der Waals surface area contributed by atoms with Gasteiger partial charge >= 0.3 is 5.97 Å². The number of esters is 1. The Morgan fingerprint density at radius 3 is 2.87 bits per heavy atom. The number of rotatable bonds is 5. The summed E-state index contributed by atoms with van der Waals surface area (Å²) in [6.07, 6.45) is 7.56. The molecule has 4 heteroatoms. The van der Waals surface area contributed by atoms with Crippen molar-refractivity contribution in [3.8, 4) is 5.75 Å². The van der Waals surface area contributed by atoms with Crippen LogP contribution in [0.1, 0.15) is 32.1 Å². The third-order valence-corrected chi connectivity index (χ3v) is 5.19. The molecule has 1 spiro atoms. The Balaban J connectivity index is 1.27. The van der Waals surface area contributed by atoms with Crippen LogP contribution in [0.2, 0.25) is 0 Å². The summed E-state index contributed by atoms with van der Waals surface area (Å²) in [5.74, 6) is 0.848. The van der Waals surface area contributed by atoms with Crippen molar-refractivity contribution < 1.29 is 14.3 Å². The Kier molecular flexibility index (Phi) is 3.68. The van der Waals surface area contributed by atoms with Crippen LogP contribution in [-0.2, 0) is 9.53 Å². The van der Waals surface area contributed by atoms with Gasteiger partial charge in [0.1, 0.15) is 19.0 Å². The van der Waals surface area contributed by atoms with E-state index in [-0.39, 0.29) is 11.9 Å². The second kappa shape index (κ2) is 5.84. The number of para-hydroxylation sites is 1. The van der Waals surface area contributed by atoms with Gasteiger partial charge in [-0.05, 0) is 55.7 Å². The number of ether oxygens (including phenoxy) is 2. The van der Waals surface area contributed by atoms with Gasteiger partial charge in [-0.1, -0.05) is 12.1 Å². The first-order valence-corrected chi connectivity index (χ1v) is 8.39. The number of hydrogen-bond donors (Lipinski definition) is 0. The number of hydrogen-bond acceptors (Lipinski definition) is 4. The first-order chi connectivity index (χ1) is 11.3. The van der Waals surface area contributed by atoms with Crippen LogP contribution >= 0.6 is 0 Å². The fourth-order valence-corrected chi connectivity index (χ4v) is 3.65. The fourth-order valence-electron chi connectivity index (χ4n) is 3.65. The van der Waals surface area contributed by atoms with Crippen molar-refractivity contribution in [2.45, 2.75) is 32.1 Å². The Labute approximate surface area is 135 Å². The molecular weight excluding hydrogens is 290 g/mol. The predicted octanol–water partition coefficient (Wildman–Crippen LogP) is 3.74. The van der Waals surface area contributed by atoms with E-state index in [1.807, 2.05) is 30.3 Å². The summed E-state index contributed by atoms with van der Waals surface area (Å²) in [5, 5.41) is 0.979. The zero-order valence-electron chi connectivity index (χ0n) is 13.2. The summed E-state index contributed by atoms with van der Waals surface area (Å²) < 4.78 is 11.2. The van der Waals surface area contributed by atoms with Crippen molar-refractivity contribution in [1.29, 1.82) is 0 Å². The van der Waals surface area contributed by atoms with Gasteiger partial charge in [0.05, 0.1) is 11.4 Å². The first kappa shape index (κ1) is 14.5. The molecule has 2 aliphatic rings. The molecular formula is C19H21NO3. The Bertz CT molecular complexity index is 718. The van der Waals surface area contributed by atoms with E-state index < -0.39 is 0 Å². The second-order valence-corrected chi connectivity index (χ2v) is 6.78. The standard InChI is InChI=1S/C19H21NO3/c21-18(14-5-7-19(13-14)8-9-19)23-12-11-22-17-6-10-20-16-4-2-1-3-15(16)17/h1-4,6,10,14H,5,7-9,11-13H2. The lowest BCUT2D eigenvalue weighted by Crippen LogP contribution is -2.19. The van der Waals surface area contributed by atoms with E-state index in [2.05, 4.69) is 4.98 Å². The van der Waals surface area contributed by atoms with Gasteiger partial charge in [-0.15, -0.1) is 0 Å². The van der Waals surface area contributed by atoms with E-state index >= 15 is 0 Å². The molecule has 1 unspecified atom stereocenters. The minimum atomic E-state index is -0.0445. The number of nitrogens with zero attached hydrogens (tertiary/aromatic N) is 1. The Morgan fingerprint density at radius 1 is 1.17 bits per heavy atom. The number of fused-ring (bicyclic) bond motifs is 1. The molecule has 0 N–H and O–H groups in total. The largest absolute Gasteiger partial charge is 0.489 e. The molecule has 120 valence electrons. The number of benzene rings is 1. The van der Waals surface area contributed by atoms with Crippen LogP contribution in [0.15, 0.2) is 36.5 Å². The van der Waals surface area contributed by atoms with E-state index in [0.29, 0.717) is 18.6 Å². The number of aromatic nitrogens is 1. The zero-order valence-corrected chi connectivity index (χ0v) is 13.2. The third kappa shape index (κ3) is 3.03. The van der Waals surface area contributed by atoms with Crippen molar-refractivity contribution in [3.63, 3.8) is 0 Å². The highest BCUT2D eigenvalue weighted by molar-refractivity contribution is 5.84. The van der Waals surface area contributed by atoms with Gasteiger partial charge in [0.25, 0.3) is 0 Å². The van der Waals surface area contributed by atoms with Gasteiger partial charge in [0.15, 0.2) is 0 Å². The van der Waals surface area contributed by atoms with Gasteiger partial charge in [0, 0.05) is 11.6 Å².